The van der Waals surface area contributed by atoms with E-state index in [0.717, 1.165) is 47.7 Å². The maximum atomic E-state index is 6.24. The molecule has 1 aliphatic heterocycles. The predicted molar refractivity (Wildman–Crippen MR) is 71.9 cm³/mol. The number of anilines is 1. The molecule has 1 saturated heterocycles. The van der Waals surface area contributed by atoms with Crippen molar-refractivity contribution < 1.29 is 0 Å². The zero-order valence-corrected chi connectivity index (χ0v) is 10.8. The van der Waals surface area contributed by atoms with Crippen molar-refractivity contribution in [3.63, 3.8) is 0 Å². The van der Waals surface area contributed by atoms with E-state index in [0.29, 0.717) is 6.04 Å². The minimum atomic E-state index is 0.473. The molecule has 2 heterocycles. The molecule has 0 bridgehead atoms. The van der Waals surface area contributed by atoms with Crippen molar-refractivity contribution in [3.05, 3.63) is 17.2 Å². The molecule has 17 heavy (non-hydrogen) atoms. The molecule has 0 atom stereocenters. The molecule has 0 radical (unpaired) electrons. The lowest BCUT2D eigenvalue weighted by molar-refractivity contribution is 0.479. The molecule has 1 aromatic carbocycles. The SMILES string of the molecule is Clc1ccc2nsnc2c1NC1CCNCC1. The monoisotopic (exact) mass is 268 g/mol. The second-order valence-corrected chi connectivity index (χ2v) is 5.16. The van der Waals surface area contributed by atoms with E-state index in [4.69, 9.17) is 11.6 Å². The Labute approximate surface area is 109 Å². The molecule has 1 aromatic heterocycles. The van der Waals surface area contributed by atoms with E-state index in [-0.39, 0.29) is 0 Å². The van der Waals surface area contributed by atoms with Gasteiger partial charge in [-0.2, -0.15) is 8.75 Å². The smallest absolute Gasteiger partial charge is 0.129 e. The van der Waals surface area contributed by atoms with Crippen LogP contribution in [0.1, 0.15) is 12.8 Å². The summed E-state index contributed by atoms with van der Waals surface area (Å²) in [7, 11) is 0. The number of hydrogen-bond acceptors (Lipinski definition) is 5. The number of piperidine rings is 1. The Hall–Kier alpha value is -0.910. The third kappa shape index (κ3) is 2.22. The van der Waals surface area contributed by atoms with Gasteiger partial charge in [0, 0.05) is 6.04 Å². The van der Waals surface area contributed by atoms with Crippen LogP contribution in [0.2, 0.25) is 5.02 Å². The number of fused-ring (bicyclic) bond motifs is 1. The lowest BCUT2D eigenvalue weighted by atomic mass is 10.1. The predicted octanol–water partition coefficient (Wildman–Crippen LogP) is 2.51. The molecule has 1 fully saturated rings. The summed E-state index contributed by atoms with van der Waals surface area (Å²) in [4.78, 5) is 0. The number of hydrogen-bond donors (Lipinski definition) is 2. The molecule has 2 N–H and O–H groups in total. The van der Waals surface area contributed by atoms with Crippen LogP contribution in [0.5, 0.6) is 0 Å². The fourth-order valence-corrected chi connectivity index (χ4v) is 2.88. The minimum absolute atomic E-state index is 0.473. The molecule has 0 aliphatic carbocycles. The second kappa shape index (κ2) is 4.76. The molecule has 0 spiro atoms. The van der Waals surface area contributed by atoms with Crippen molar-refractivity contribution in [1.29, 1.82) is 0 Å². The first-order chi connectivity index (χ1) is 8.34. The second-order valence-electron chi connectivity index (χ2n) is 4.22. The molecule has 3 rings (SSSR count). The van der Waals surface area contributed by atoms with E-state index in [2.05, 4.69) is 19.4 Å². The van der Waals surface area contributed by atoms with Gasteiger partial charge in [-0.15, -0.1) is 0 Å². The molecule has 4 nitrogen and oxygen atoms in total. The Bertz CT molecular complexity index is 521. The van der Waals surface area contributed by atoms with Crippen molar-refractivity contribution in [1.82, 2.24) is 14.1 Å². The van der Waals surface area contributed by atoms with E-state index < -0.39 is 0 Å². The van der Waals surface area contributed by atoms with Gasteiger partial charge in [0.05, 0.1) is 22.4 Å². The van der Waals surface area contributed by atoms with Gasteiger partial charge in [0.15, 0.2) is 0 Å². The first kappa shape index (κ1) is 11.2. The zero-order chi connectivity index (χ0) is 11.7. The van der Waals surface area contributed by atoms with Gasteiger partial charge < -0.3 is 10.6 Å². The van der Waals surface area contributed by atoms with Crippen LogP contribution in [0.4, 0.5) is 5.69 Å². The van der Waals surface area contributed by atoms with Crippen molar-refractivity contribution in [2.45, 2.75) is 18.9 Å². The Kier molecular flexibility index (Phi) is 3.13. The van der Waals surface area contributed by atoms with E-state index >= 15 is 0 Å². The van der Waals surface area contributed by atoms with Gasteiger partial charge in [0.25, 0.3) is 0 Å². The maximum absolute atomic E-state index is 6.24. The van der Waals surface area contributed by atoms with Crippen molar-refractivity contribution in [2.24, 2.45) is 0 Å². The van der Waals surface area contributed by atoms with E-state index in [9.17, 15) is 0 Å². The highest BCUT2D eigenvalue weighted by Crippen LogP contribution is 2.31. The van der Waals surface area contributed by atoms with Crippen LogP contribution < -0.4 is 10.6 Å². The average molecular weight is 269 g/mol. The standard InChI is InChI=1S/C11H13ClN4S/c12-8-1-2-9-11(16-17-15-9)10(8)14-7-3-5-13-6-4-7/h1-2,7,13-14H,3-6H2. The average Bonchev–Trinajstić information content (AvgIpc) is 2.83. The maximum Gasteiger partial charge on any atom is 0.129 e. The first-order valence-corrected chi connectivity index (χ1v) is 6.83. The molecule has 6 heteroatoms. The highest BCUT2D eigenvalue weighted by atomic mass is 35.5. The molecule has 2 aromatic rings. The van der Waals surface area contributed by atoms with Gasteiger partial charge in [0.1, 0.15) is 11.0 Å². The molecular formula is C11H13ClN4S. The summed E-state index contributed by atoms with van der Waals surface area (Å²) in [5, 5.41) is 7.58. The van der Waals surface area contributed by atoms with E-state index in [1.165, 1.54) is 11.7 Å². The highest BCUT2D eigenvalue weighted by molar-refractivity contribution is 7.00. The number of rotatable bonds is 2. The molecule has 90 valence electrons. The number of halogens is 1. The third-order valence-corrected chi connectivity index (χ3v) is 3.92. The van der Waals surface area contributed by atoms with Gasteiger partial charge in [0.2, 0.25) is 0 Å². The number of nitrogens with zero attached hydrogens (tertiary/aromatic N) is 2. The summed E-state index contributed by atoms with van der Waals surface area (Å²) < 4.78 is 8.55. The molecule has 0 amide bonds. The third-order valence-electron chi connectivity index (χ3n) is 3.06. The van der Waals surface area contributed by atoms with Gasteiger partial charge in [-0.3, -0.25) is 0 Å². The Morgan fingerprint density at radius 3 is 2.94 bits per heavy atom. The largest absolute Gasteiger partial charge is 0.379 e. The quantitative estimate of drug-likeness (QED) is 0.879. The van der Waals surface area contributed by atoms with E-state index in [1.54, 1.807) is 0 Å². The Balaban J connectivity index is 1.92. The summed E-state index contributed by atoms with van der Waals surface area (Å²) >= 11 is 7.46. The fraction of sp³-hybridized carbons (Fsp3) is 0.455. The summed E-state index contributed by atoms with van der Waals surface area (Å²) in [5.74, 6) is 0. The highest BCUT2D eigenvalue weighted by Gasteiger charge is 2.16. The van der Waals surface area contributed by atoms with Gasteiger partial charge in [-0.1, -0.05) is 11.6 Å². The lowest BCUT2D eigenvalue weighted by Crippen LogP contribution is -2.35. The van der Waals surface area contributed by atoms with Crippen molar-refractivity contribution in [3.8, 4) is 0 Å². The van der Waals surface area contributed by atoms with Gasteiger partial charge in [-0.25, -0.2) is 0 Å². The summed E-state index contributed by atoms with van der Waals surface area (Å²) in [6, 6.07) is 4.27. The van der Waals surface area contributed by atoms with Crippen LogP contribution in [0.15, 0.2) is 12.1 Å². The summed E-state index contributed by atoms with van der Waals surface area (Å²) in [5.41, 5.74) is 2.74. The molecule has 0 saturated carbocycles. The molecule has 0 unspecified atom stereocenters. The first-order valence-electron chi connectivity index (χ1n) is 5.72. The molecular weight excluding hydrogens is 256 g/mol. The van der Waals surface area contributed by atoms with Crippen molar-refractivity contribution in [2.75, 3.05) is 18.4 Å². The number of nitrogens with one attached hydrogen (secondary N) is 2. The van der Waals surface area contributed by atoms with Crippen LogP contribution in [-0.4, -0.2) is 27.9 Å². The van der Waals surface area contributed by atoms with Gasteiger partial charge >= 0.3 is 0 Å². The molecule has 1 aliphatic rings. The van der Waals surface area contributed by atoms with Gasteiger partial charge in [-0.05, 0) is 38.1 Å². The summed E-state index contributed by atoms with van der Waals surface area (Å²) in [6.07, 6.45) is 2.23. The van der Waals surface area contributed by atoms with Crippen LogP contribution in [0.25, 0.3) is 11.0 Å². The van der Waals surface area contributed by atoms with Crippen LogP contribution >= 0.6 is 23.3 Å². The lowest BCUT2D eigenvalue weighted by Gasteiger charge is -2.25. The minimum Gasteiger partial charge on any atom is -0.379 e. The van der Waals surface area contributed by atoms with Crippen LogP contribution in [0.3, 0.4) is 0 Å². The normalized spacial score (nSPS) is 17.5. The fourth-order valence-electron chi connectivity index (χ4n) is 2.13. The Morgan fingerprint density at radius 2 is 2.12 bits per heavy atom. The van der Waals surface area contributed by atoms with Crippen LogP contribution in [-0.2, 0) is 0 Å². The van der Waals surface area contributed by atoms with Crippen molar-refractivity contribution >= 4 is 40.0 Å². The Morgan fingerprint density at radius 1 is 1.29 bits per heavy atom. The topological polar surface area (TPSA) is 49.8 Å². The van der Waals surface area contributed by atoms with E-state index in [1.807, 2.05) is 12.1 Å². The van der Waals surface area contributed by atoms with Crippen LogP contribution in [0, 0.1) is 0 Å². The summed E-state index contributed by atoms with van der Waals surface area (Å²) in [6.45, 7) is 2.11. The number of benzene rings is 1. The number of aromatic nitrogens is 2. The zero-order valence-electron chi connectivity index (χ0n) is 9.24.